The molecule has 2 N–H and O–H groups in total. The summed E-state index contributed by atoms with van der Waals surface area (Å²) in [5.74, 6) is -0.869. The highest BCUT2D eigenvalue weighted by Gasteiger charge is 2.26. The van der Waals surface area contributed by atoms with Crippen molar-refractivity contribution in [2.45, 2.75) is 44.8 Å². The number of rotatable bonds is 6. The van der Waals surface area contributed by atoms with Gasteiger partial charge in [-0.2, -0.15) is 0 Å². The fourth-order valence-corrected chi connectivity index (χ4v) is 4.04. The lowest BCUT2D eigenvalue weighted by atomic mass is 9.89. The van der Waals surface area contributed by atoms with Crippen molar-refractivity contribution in [1.82, 2.24) is 15.1 Å². The minimum Gasteiger partial charge on any atom is -0.480 e. The van der Waals surface area contributed by atoms with Crippen molar-refractivity contribution in [1.29, 1.82) is 0 Å². The van der Waals surface area contributed by atoms with Gasteiger partial charge in [-0.1, -0.05) is 18.2 Å². The van der Waals surface area contributed by atoms with Crippen LogP contribution >= 0.6 is 0 Å². The highest BCUT2D eigenvalue weighted by Crippen LogP contribution is 2.25. The van der Waals surface area contributed by atoms with Crippen LogP contribution in [0.1, 0.15) is 42.5 Å². The molecule has 7 heteroatoms. The number of hydrogen-bond donors (Lipinski definition) is 2. The second-order valence-corrected chi connectivity index (χ2v) is 7.94. The molecule has 1 fully saturated rings. The number of aliphatic carboxylic acids is 1. The number of morpholine rings is 1. The highest BCUT2D eigenvalue weighted by molar-refractivity contribution is 5.75. The maximum absolute atomic E-state index is 12.7. The Morgan fingerprint density at radius 2 is 2.07 bits per heavy atom. The summed E-state index contributed by atoms with van der Waals surface area (Å²) in [6.45, 7) is 3.93. The number of amides is 2. The summed E-state index contributed by atoms with van der Waals surface area (Å²) in [5.41, 5.74) is 3.99. The number of benzene rings is 1. The molecule has 2 aliphatic rings. The Kier molecular flexibility index (Phi) is 6.91. The lowest BCUT2D eigenvalue weighted by Gasteiger charge is -2.35. The lowest BCUT2D eigenvalue weighted by Crippen LogP contribution is -2.52. The SMILES string of the molecule is C[C@H](NC(=O)N1CCOC(CN(C)CC(=O)O)C1)c1ccc2c(c1)CCCC2. The van der Waals surface area contributed by atoms with E-state index >= 15 is 0 Å². The van der Waals surface area contributed by atoms with Crippen LogP contribution in [-0.4, -0.2) is 72.8 Å². The number of carbonyl (C=O) groups excluding carboxylic acids is 1. The number of urea groups is 1. The third-order valence-electron chi connectivity index (χ3n) is 5.56. The molecule has 1 aliphatic carbocycles. The second-order valence-electron chi connectivity index (χ2n) is 7.94. The zero-order valence-electron chi connectivity index (χ0n) is 16.8. The predicted octanol–water partition coefficient (Wildman–Crippen LogP) is 2.05. The van der Waals surface area contributed by atoms with Gasteiger partial charge in [-0.25, -0.2) is 4.79 Å². The predicted molar refractivity (Wildman–Crippen MR) is 106 cm³/mol. The molecule has 0 bridgehead atoms. The minimum absolute atomic E-state index is 0.0403. The molecule has 1 aliphatic heterocycles. The van der Waals surface area contributed by atoms with E-state index in [0.29, 0.717) is 26.2 Å². The zero-order chi connectivity index (χ0) is 20.1. The lowest BCUT2D eigenvalue weighted by molar-refractivity contribution is -0.138. The van der Waals surface area contributed by atoms with E-state index in [1.54, 1.807) is 16.8 Å². The van der Waals surface area contributed by atoms with Crippen LogP contribution < -0.4 is 5.32 Å². The van der Waals surface area contributed by atoms with E-state index in [4.69, 9.17) is 9.84 Å². The van der Waals surface area contributed by atoms with Gasteiger partial charge in [0.25, 0.3) is 0 Å². The van der Waals surface area contributed by atoms with E-state index in [0.717, 1.165) is 18.4 Å². The van der Waals surface area contributed by atoms with Crippen LogP contribution in [-0.2, 0) is 22.4 Å². The third kappa shape index (κ3) is 5.45. The van der Waals surface area contributed by atoms with E-state index in [9.17, 15) is 9.59 Å². The molecule has 3 rings (SSSR count). The molecule has 0 radical (unpaired) electrons. The molecule has 1 unspecified atom stereocenters. The Hall–Kier alpha value is -2.12. The van der Waals surface area contributed by atoms with Crippen LogP contribution in [0, 0.1) is 0 Å². The number of hydrogen-bond acceptors (Lipinski definition) is 4. The zero-order valence-corrected chi connectivity index (χ0v) is 16.8. The Bertz CT molecular complexity index is 709. The van der Waals surface area contributed by atoms with E-state index in [2.05, 4.69) is 23.5 Å². The number of nitrogens with zero attached hydrogens (tertiary/aromatic N) is 2. The van der Waals surface area contributed by atoms with Crippen LogP contribution in [0.15, 0.2) is 18.2 Å². The third-order valence-corrected chi connectivity index (χ3v) is 5.56. The van der Waals surface area contributed by atoms with Gasteiger partial charge in [-0.15, -0.1) is 0 Å². The van der Waals surface area contributed by atoms with Gasteiger partial charge in [0.05, 0.1) is 25.3 Å². The number of carboxylic acid groups (broad SMARTS) is 1. The molecule has 2 amide bonds. The Morgan fingerprint density at radius 1 is 1.32 bits per heavy atom. The average Bonchev–Trinajstić information content (AvgIpc) is 2.67. The van der Waals surface area contributed by atoms with Gasteiger partial charge < -0.3 is 20.1 Å². The van der Waals surface area contributed by atoms with Crippen LogP contribution in [0.5, 0.6) is 0 Å². The Labute approximate surface area is 166 Å². The summed E-state index contributed by atoms with van der Waals surface area (Å²) < 4.78 is 5.71. The van der Waals surface area contributed by atoms with Crippen molar-refractivity contribution >= 4 is 12.0 Å². The second kappa shape index (κ2) is 9.39. The fraction of sp³-hybridized carbons (Fsp3) is 0.619. The van der Waals surface area contributed by atoms with Crippen molar-refractivity contribution in [3.05, 3.63) is 34.9 Å². The highest BCUT2D eigenvalue weighted by atomic mass is 16.5. The number of nitrogens with one attached hydrogen (secondary N) is 1. The quantitative estimate of drug-likeness (QED) is 0.778. The normalized spacial score (nSPS) is 20.5. The monoisotopic (exact) mass is 389 g/mol. The molecule has 28 heavy (non-hydrogen) atoms. The van der Waals surface area contributed by atoms with E-state index in [1.807, 2.05) is 6.92 Å². The van der Waals surface area contributed by atoms with Crippen molar-refractivity contribution < 1.29 is 19.4 Å². The Morgan fingerprint density at radius 3 is 2.82 bits per heavy atom. The molecule has 0 spiro atoms. The number of fused-ring (bicyclic) bond motifs is 1. The van der Waals surface area contributed by atoms with Gasteiger partial charge in [-0.3, -0.25) is 9.69 Å². The van der Waals surface area contributed by atoms with Gasteiger partial charge in [0.15, 0.2) is 0 Å². The Balaban J connectivity index is 1.54. The van der Waals surface area contributed by atoms with Crippen LogP contribution in [0.25, 0.3) is 0 Å². The first-order valence-electron chi connectivity index (χ1n) is 10.1. The van der Waals surface area contributed by atoms with E-state index < -0.39 is 5.97 Å². The van der Waals surface area contributed by atoms with Crippen molar-refractivity contribution in [3.63, 3.8) is 0 Å². The molecule has 0 saturated carbocycles. The number of ether oxygens (including phenoxy) is 1. The molecular weight excluding hydrogens is 358 g/mol. The molecule has 2 atom stereocenters. The van der Waals surface area contributed by atoms with Gasteiger partial charge in [0.1, 0.15) is 0 Å². The van der Waals surface area contributed by atoms with Crippen molar-refractivity contribution in [2.75, 3.05) is 39.8 Å². The van der Waals surface area contributed by atoms with Gasteiger partial charge in [0, 0.05) is 19.6 Å². The smallest absolute Gasteiger partial charge is 0.318 e. The summed E-state index contributed by atoms with van der Waals surface area (Å²) in [4.78, 5) is 27.0. The summed E-state index contributed by atoms with van der Waals surface area (Å²) in [6.07, 6.45) is 4.60. The summed E-state index contributed by atoms with van der Waals surface area (Å²) in [6, 6.07) is 6.41. The largest absolute Gasteiger partial charge is 0.480 e. The van der Waals surface area contributed by atoms with Crippen LogP contribution in [0.3, 0.4) is 0 Å². The molecule has 154 valence electrons. The van der Waals surface area contributed by atoms with E-state index in [1.165, 1.54) is 24.0 Å². The summed E-state index contributed by atoms with van der Waals surface area (Å²) in [5, 5.41) is 12.0. The first kappa shape index (κ1) is 20.6. The first-order valence-corrected chi connectivity index (χ1v) is 10.1. The topological polar surface area (TPSA) is 82.1 Å². The molecule has 1 heterocycles. The number of likely N-dealkylation sites (N-methyl/N-ethyl adjacent to an activating group) is 1. The number of carbonyl (C=O) groups is 2. The van der Waals surface area contributed by atoms with Gasteiger partial charge in [-0.05, 0) is 56.3 Å². The van der Waals surface area contributed by atoms with Crippen molar-refractivity contribution in [2.24, 2.45) is 0 Å². The van der Waals surface area contributed by atoms with E-state index in [-0.39, 0.29) is 24.7 Å². The maximum Gasteiger partial charge on any atom is 0.318 e. The minimum atomic E-state index is -0.869. The molecule has 1 saturated heterocycles. The molecular formula is C21H31N3O4. The molecule has 0 aromatic heterocycles. The average molecular weight is 389 g/mol. The maximum atomic E-state index is 12.7. The number of aryl methyl sites for hydroxylation is 2. The van der Waals surface area contributed by atoms with Gasteiger partial charge in [0.2, 0.25) is 0 Å². The fourth-order valence-electron chi connectivity index (χ4n) is 4.04. The molecule has 1 aromatic carbocycles. The van der Waals surface area contributed by atoms with Crippen LogP contribution in [0.4, 0.5) is 4.79 Å². The standard InChI is InChI=1S/C21H31N3O4/c1-15(17-8-7-16-5-3-4-6-18(16)11-17)22-21(27)24-9-10-28-19(13-24)12-23(2)14-20(25)26/h7-8,11,15,19H,3-6,9-10,12-14H2,1-2H3,(H,22,27)(H,25,26)/t15-,19?/m0/s1. The van der Waals surface area contributed by atoms with Gasteiger partial charge >= 0.3 is 12.0 Å². The first-order chi connectivity index (χ1) is 13.4. The summed E-state index contributed by atoms with van der Waals surface area (Å²) in [7, 11) is 1.74. The van der Waals surface area contributed by atoms with Crippen LogP contribution in [0.2, 0.25) is 0 Å². The molecule has 1 aromatic rings. The number of carboxylic acids is 1. The summed E-state index contributed by atoms with van der Waals surface area (Å²) >= 11 is 0. The molecule has 7 nitrogen and oxygen atoms in total. The van der Waals surface area contributed by atoms with Crippen molar-refractivity contribution in [3.8, 4) is 0 Å².